The van der Waals surface area contributed by atoms with Crippen LogP contribution in [0.4, 0.5) is 0 Å². The predicted molar refractivity (Wildman–Crippen MR) is 84.7 cm³/mol. The van der Waals surface area contributed by atoms with E-state index in [9.17, 15) is 8.42 Å². The summed E-state index contributed by atoms with van der Waals surface area (Å²) in [5.74, 6) is 0. The van der Waals surface area contributed by atoms with Gasteiger partial charge in [0, 0.05) is 11.8 Å². The van der Waals surface area contributed by atoms with E-state index in [2.05, 4.69) is 15.2 Å². The van der Waals surface area contributed by atoms with E-state index in [1.54, 1.807) is 0 Å². The molecular weight excluding hydrogens is 346 g/mol. The number of thiazole rings is 1. The molecule has 0 amide bonds. The van der Waals surface area contributed by atoms with Gasteiger partial charge in [0.1, 0.15) is 9.22 Å². The van der Waals surface area contributed by atoms with E-state index >= 15 is 0 Å². The Hall–Kier alpha value is -1.29. The number of nitrogens with zero attached hydrogens (tertiary/aromatic N) is 3. The lowest BCUT2D eigenvalue weighted by atomic mass is 10.2. The summed E-state index contributed by atoms with van der Waals surface area (Å²) in [6.45, 7) is 0. The van der Waals surface area contributed by atoms with Gasteiger partial charge in [0.05, 0.1) is 6.20 Å². The molecule has 0 atom stereocenters. The molecule has 3 aromatic rings. The SMILES string of the molecule is CS(=O)(=O)c1cnc(Sc2nnc(-c3ccccc3)s2)s1. The van der Waals surface area contributed by atoms with Crippen molar-refractivity contribution in [2.45, 2.75) is 12.9 Å². The molecule has 2 heterocycles. The first-order valence-electron chi connectivity index (χ1n) is 5.75. The van der Waals surface area contributed by atoms with Crippen molar-refractivity contribution < 1.29 is 8.42 Å². The zero-order valence-corrected chi connectivity index (χ0v) is 14.0. The van der Waals surface area contributed by atoms with Crippen LogP contribution in [0.3, 0.4) is 0 Å². The van der Waals surface area contributed by atoms with Gasteiger partial charge in [-0.25, -0.2) is 13.4 Å². The van der Waals surface area contributed by atoms with Crippen LogP contribution in [0.2, 0.25) is 0 Å². The summed E-state index contributed by atoms with van der Waals surface area (Å²) in [6, 6.07) is 9.79. The molecule has 0 spiro atoms. The van der Waals surface area contributed by atoms with Gasteiger partial charge in [0.15, 0.2) is 18.5 Å². The number of hydrogen-bond acceptors (Lipinski definition) is 8. The first kappa shape index (κ1) is 14.6. The average Bonchev–Trinajstić information content (AvgIpc) is 3.09. The second kappa shape index (κ2) is 5.84. The molecule has 2 aromatic heterocycles. The summed E-state index contributed by atoms with van der Waals surface area (Å²) in [5, 5.41) is 9.08. The maximum atomic E-state index is 11.4. The third-order valence-corrected chi connectivity index (χ3v) is 7.31. The monoisotopic (exact) mass is 355 g/mol. The van der Waals surface area contributed by atoms with E-state index in [-0.39, 0.29) is 4.21 Å². The summed E-state index contributed by atoms with van der Waals surface area (Å²) in [6.07, 6.45) is 2.55. The first-order valence-corrected chi connectivity index (χ1v) is 10.1. The van der Waals surface area contributed by atoms with Crippen molar-refractivity contribution in [2.75, 3.05) is 6.26 Å². The van der Waals surface area contributed by atoms with Gasteiger partial charge in [-0.15, -0.1) is 10.2 Å². The van der Waals surface area contributed by atoms with Gasteiger partial charge in [0.2, 0.25) is 0 Å². The quantitative estimate of drug-likeness (QED) is 0.715. The second-order valence-electron chi connectivity index (χ2n) is 4.06. The van der Waals surface area contributed by atoms with Crippen LogP contribution in [0, 0.1) is 0 Å². The van der Waals surface area contributed by atoms with Crippen molar-refractivity contribution in [2.24, 2.45) is 0 Å². The highest BCUT2D eigenvalue weighted by atomic mass is 32.2. The summed E-state index contributed by atoms with van der Waals surface area (Å²) >= 11 is 3.93. The molecule has 3 rings (SSSR count). The Morgan fingerprint density at radius 1 is 1.05 bits per heavy atom. The number of aromatic nitrogens is 3. The van der Waals surface area contributed by atoms with Crippen LogP contribution >= 0.6 is 34.4 Å². The minimum absolute atomic E-state index is 0.262. The van der Waals surface area contributed by atoms with Gasteiger partial charge in [-0.3, -0.25) is 0 Å². The number of hydrogen-bond donors (Lipinski definition) is 0. The molecule has 21 heavy (non-hydrogen) atoms. The fourth-order valence-electron chi connectivity index (χ4n) is 1.49. The summed E-state index contributed by atoms with van der Waals surface area (Å²) in [7, 11) is -3.20. The summed E-state index contributed by atoms with van der Waals surface area (Å²) < 4.78 is 24.5. The van der Waals surface area contributed by atoms with Crippen molar-refractivity contribution in [3.63, 3.8) is 0 Å². The van der Waals surface area contributed by atoms with Gasteiger partial charge in [-0.1, -0.05) is 53.0 Å². The first-order chi connectivity index (χ1) is 10.0. The zero-order valence-electron chi connectivity index (χ0n) is 10.8. The fourth-order valence-corrected chi connectivity index (χ4v) is 5.50. The molecule has 0 N–H and O–H groups in total. The molecule has 0 aliphatic carbocycles. The number of sulfone groups is 1. The standard InChI is InChI=1S/C12H9N3O2S4/c1-21(16,17)9-7-13-11(18-9)20-12-15-14-10(19-12)8-5-3-2-4-6-8/h2-7H,1H3. The van der Waals surface area contributed by atoms with Crippen molar-refractivity contribution in [1.82, 2.24) is 15.2 Å². The molecule has 0 bridgehead atoms. The summed E-state index contributed by atoms with van der Waals surface area (Å²) in [4.78, 5) is 4.10. The van der Waals surface area contributed by atoms with Gasteiger partial charge >= 0.3 is 0 Å². The molecule has 9 heteroatoms. The normalized spacial score (nSPS) is 11.7. The highest BCUT2D eigenvalue weighted by molar-refractivity contribution is 8.03. The van der Waals surface area contributed by atoms with Gasteiger partial charge in [-0.2, -0.15) is 0 Å². The molecule has 0 unspecified atom stereocenters. The molecule has 0 saturated heterocycles. The Kier molecular flexibility index (Phi) is 4.07. The van der Waals surface area contributed by atoms with Crippen LogP contribution in [0.15, 0.2) is 49.4 Å². The molecule has 5 nitrogen and oxygen atoms in total. The minimum Gasteiger partial charge on any atom is -0.236 e. The molecule has 0 radical (unpaired) electrons. The van der Waals surface area contributed by atoms with Crippen LogP contribution in [-0.4, -0.2) is 29.9 Å². The molecule has 1 aromatic carbocycles. The largest absolute Gasteiger partial charge is 0.236 e. The lowest BCUT2D eigenvalue weighted by molar-refractivity contribution is 0.603. The minimum atomic E-state index is -3.20. The Morgan fingerprint density at radius 3 is 2.48 bits per heavy atom. The van der Waals surface area contributed by atoms with E-state index < -0.39 is 9.84 Å². The molecule has 0 fully saturated rings. The van der Waals surface area contributed by atoms with Crippen LogP contribution < -0.4 is 0 Å². The third kappa shape index (κ3) is 3.49. The lowest BCUT2D eigenvalue weighted by Gasteiger charge is -1.91. The number of rotatable bonds is 4. The summed E-state index contributed by atoms with van der Waals surface area (Å²) in [5.41, 5.74) is 1.01. The van der Waals surface area contributed by atoms with Crippen molar-refractivity contribution in [1.29, 1.82) is 0 Å². The highest BCUT2D eigenvalue weighted by Crippen LogP contribution is 2.36. The maximum Gasteiger partial charge on any atom is 0.186 e. The van der Waals surface area contributed by atoms with Crippen LogP contribution in [-0.2, 0) is 9.84 Å². The van der Waals surface area contributed by atoms with Crippen LogP contribution in [0.25, 0.3) is 10.6 Å². The molecule has 0 aliphatic rings. The third-order valence-electron chi connectivity index (χ3n) is 2.43. The smallest absolute Gasteiger partial charge is 0.186 e. The van der Waals surface area contributed by atoms with Crippen molar-refractivity contribution >= 4 is 44.3 Å². The Labute approximate surface area is 134 Å². The Balaban J connectivity index is 1.80. The molecule has 0 aliphatic heterocycles. The van der Waals surface area contributed by atoms with E-state index in [1.165, 1.54) is 35.6 Å². The van der Waals surface area contributed by atoms with Crippen molar-refractivity contribution in [3.8, 4) is 10.6 Å². The van der Waals surface area contributed by atoms with E-state index in [0.29, 0.717) is 4.34 Å². The fraction of sp³-hybridized carbons (Fsp3) is 0.0833. The lowest BCUT2D eigenvalue weighted by Crippen LogP contribution is -1.91. The van der Waals surface area contributed by atoms with Crippen molar-refractivity contribution in [3.05, 3.63) is 36.5 Å². The average molecular weight is 355 g/mol. The molecule has 0 saturated carbocycles. The Bertz CT molecular complexity index is 856. The van der Waals surface area contributed by atoms with E-state index in [1.807, 2.05) is 30.3 Å². The van der Waals surface area contributed by atoms with Gasteiger partial charge in [-0.05, 0) is 11.8 Å². The Morgan fingerprint density at radius 2 is 1.81 bits per heavy atom. The van der Waals surface area contributed by atoms with Gasteiger partial charge < -0.3 is 0 Å². The van der Waals surface area contributed by atoms with Crippen LogP contribution in [0.1, 0.15) is 0 Å². The highest BCUT2D eigenvalue weighted by Gasteiger charge is 2.14. The van der Waals surface area contributed by atoms with E-state index in [0.717, 1.165) is 26.2 Å². The predicted octanol–water partition coefficient (Wildman–Crippen LogP) is 3.22. The molecule has 108 valence electrons. The topological polar surface area (TPSA) is 72.8 Å². The zero-order chi connectivity index (χ0) is 14.9. The molecular formula is C12H9N3O2S4. The van der Waals surface area contributed by atoms with E-state index in [4.69, 9.17) is 0 Å². The maximum absolute atomic E-state index is 11.4. The van der Waals surface area contributed by atoms with Crippen LogP contribution in [0.5, 0.6) is 0 Å². The number of benzene rings is 1. The van der Waals surface area contributed by atoms with Gasteiger partial charge in [0.25, 0.3) is 0 Å². The second-order valence-corrected chi connectivity index (χ2v) is 9.80.